The van der Waals surface area contributed by atoms with E-state index in [2.05, 4.69) is 17.0 Å². The van der Waals surface area contributed by atoms with Crippen LogP contribution in [0.25, 0.3) is 0 Å². The van der Waals surface area contributed by atoms with Crippen LogP contribution >= 0.6 is 0 Å². The molecule has 2 atom stereocenters. The van der Waals surface area contributed by atoms with Crippen LogP contribution in [-0.2, 0) is 16.6 Å². The molecule has 20 heavy (non-hydrogen) atoms. The highest BCUT2D eigenvalue weighted by atomic mass is 16.2. The highest BCUT2D eigenvalue weighted by molar-refractivity contribution is 5.89. The summed E-state index contributed by atoms with van der Waals surface area (Å²) in [5.74, 6) is -0.138. The topological polar surface area (TPSA) is 67.2 Å². The summed E-state index contributed by atoms with van der Waals surface area (Å²) in [4.78, 5) is 25.8. The van der Waals surface area contributed by atoms with E-state index in [1.54, 1.807) is 10.9 Å². The lowest BCUT2D eigenvalue weighted by Crippen LogP contribution is -2.40. The molecule has 6 nitrogen and oxygen atoms in total. The summed E-state index contributed by atoms with van der Waals surface area (Å²) in [7, 11) is 1.86. The number of carbonyl (C=O) groups excluding carboxylic acids is 2. The molecule has 1 saturated heterocycles. The summed E-state index contributed by atoms with van der Waals surface area (Å²) in [6, 6.07) is 1.87. The highest BCUT2D eigenvalue weighted by Crippen LogP contribution is 2.41. The largest absolute Gasteiger partial charge is 0.347 e. The second-order valence-electron chi connectivity index (χ2n) is 5.38. The number of nitrogens with one attached hydrogen (secondary N) is 1. The van der Waals surface area contributed by atoms with Crippen LogP contribution in [0.2, 0.25) is 0 Å². The molecule has 1 aromatic heterocycles. The van der Waals surface area contributed by atoms with Gasteiger partial charge in [-0.15, -0.1) is 0 Å². The summed E-state index contributed by atoms with van der Waals surface area (Å²) >= 11 is 0. The van der Waals surface area contributed by atoms with Crippen molar-refractivity contribution in [3.05, 3.63) is 30.6 Å². The van der Waals surface area contributed by atoms with E-state index in [1.165, 1.54) is 6.08 Å². The molecular formula is C14H18N4O2. The molecule has 0 unspecified atom stereocenters. The maximum Gasteiger partial charge on any atom is 0.243 e. The number of aryl methyl sites for hydroxylation is 1. The summed E-state index contributed by atoms with van der Waals surface area (Å²) < 4.78 is 1.77. The van der Waals surface area contributed by atoms with Crippen molar-refractivity contribution in [3.8, 4) is 0 Å². The van der Waals surface area contributed by atoms with Gasteiger partial charge in [0, 0.05) is 25.7 Å². The molecule has 1 N–H and O–H groups in total. The maximum absolute atomic E-state index is 12.3. The van der Waals surface area contributed by atoms with Crippen LogP contribution in [0, 0.1) is 0 Å². The Labute approximate surface area is 117 Å². The number of nitrogens with zero attached hydrogens (tertiary/aromatic N) is 3. The first kappa shape index (κ1) is 12.9. The van der Waals surface area contributed by atoms with E-state index < -0.39 is 0 Å². The van der Waals surface area contributed by atoms with Crippen molar-refractivity contribution in [2.24, 2.45) is 7.05 Å². The van der Waals surface area contributed by atoms with Crippen LogP contribution in [0.4, 0.5) is 0 Å². The van der Waals surface area contributed by atoms with Crippen molar-refractivity contribution in [1.29, 1.82) is 0 Å². The predicted molar refractivity (Wildman–Crippen MR) is 72.6 cm³/mol. The first-order chi connectivity index (χ1) is 9.61. The zero-order valence-corrected chi connectivity index (χ0v) is 11.5. The number of rotatable bonds is 4. The highest BCUT2D eigenvalue weighted by Gasteiger charge is 2.48. The number of hydrogen-bond acceptors (Lipinski definition) is 3. The van der Waals surface area contributed by atoms with Crippen LogP contribution < -0.4 is 5.32 Å². The van der Waals surface area contributed by atoms with E-state index in [9.17, 15) is 9.59 Å². The Kier molecular flexibility index (Phi) is 3.08. The fourth-order valence-electron chi connectivity index (χ4n) is 2.93. The number of carbonyl (C=O) groups is 2. The minimum absolute atomic E-state index is 0.105. The zero-order valence-electron chi connectivity index (χ0n) is 11.5. The molecule has 6 heteroatoms. The first-order valence-electron chi connectivity index (χ1n) is 6.84. The average molecular weight is 274 g/mol. The van der Waals surface area contributed by atoms with Crippen molar-refractivity contribution < 1.29 is 9.59 Å². The SMILES string of the molecule is C=CC(=O)N[C@H]1CC(=O)N(C2CC2)[C@@H]1c1ccnn1C. The molecule has 1 aliphatic heterocycles. The Hall–Kier alpha value is -2.11. The lowest BCUT2D eigenvalue weighted by molar-refractivity contribution is -0.129. The fraction of sp³-hybridized carbons (Fsp3) is 0.500. The third-order valence-electron chi connectivity index (χ3n) is 3.98. The molecule has 0 aromatic carbocycles. The molecule has 0 spiro atoms. The monoisotopic (exact) mass is 274 g/mol. The molecule has 1 aliphatic carbocycles. The van der Waals surface area contributed by atoms with Crippen LogP contribution in [0.5, 0.6) is 0 Å². The zero-order chi connectivity index (χ0) is 14.3. The van der Waals surface area contributed by atoms with Gasteiger partial charge in [0.1, 0.15) is 0 Å². The van der Waals surface area contributed by atoms with Gasteiger partial charge in [-0.2, -0.15) is 5.10 Å². The minimum atomic E-state index is -0.243. The molecule has 3 rings (SSSR count). The third-order valence-corrected chi connectivity index (χ3v) is 3.98. The Morgan fingerprint density at radius 1 is 1.55 bits per heavy atom. The summed E-state index contributed by atoms with van der Waals surface area (Å²) in [5.41, 5.74) is 0.956. The van der Waals surface area contributed by atoms with Gasteiger partial charge in [-0.1, -0.05) is 6.58 Å². The van der Waals surface area contributed by atoms with Gasteiger partial charge in [-0.3, -0.25) is 14.3 Å². The van der Waals surface area contributed by atoms with Crippen molar-refractivity contribution in [1.82, 2.24) is 20.0 Å². The maximum atomic E-state index is 12.3. The molecule has 1 aromatic rings. The van der Waals surface area contributed by atoms with Crippen LogP contribution in [0.15, 0.2) is 24.9 Å². The van der Waals surface area contributed by atoms with Gasteiger partial charge in [0.2, 0.25) is 11.8 Å². The molecule has 0 radical (unpaired) electrons. The molecular weight excluding hydrogens is 256 g/mol. The third kappa shape index (κ3) is 2.11. The first-order valence-corrected chi connectivity index (χ1v) is 6.84. The van der Waals surface area contributed by atoms with Gasteiger partial charge < -0.3 is 10.2 Å². The van der Waals surface area contributed by atoms with Crippen LogP contribution in [0.1, 0.15) is 31.0 Å². The average Bonchev–Trinajstić information content (AvgIpc) is 3.09. The molecule has 1 saturated carbocycles. The Balaban J connectivity index is 1.93. The van der Waals surface area contributed by atoms with Crippen molar-refractivity contribution in [3.63, 3.8) is 0 Å². The molecule has 0 bridgehead atoms. The van der Waals surface area contributed by atoms with Gasteiger partial charge >= 0.3 is 0 Å². The van der Waals surface area contributed by atoms with Gasteiger partial charge in [0.25, 0.3) is 0 Å². The standard InChI is InChI=1S/C14H18N4O2/c1-3-12(19)16-10-8-13(20)18(9-4-5-9)14(10)11-6-7-15-17(11)2/h3,6-7,9-10,14H,1,4-5,8H2,2H3,(H,16,19)/t10-,14-/m0/s1. The number of hydrogen-bond donors (Lipinski definition) is 1. The van der Waals surface area contributed by atoms with Gasteiger partial charge in [0.15, 0.2) is 0 Å². The Morgan fingerprint density at radius 3 is 2.85 bits per heavy atom. The van der Waals surface area contributed by atoms with Gasteiger partial charge in [-0.25, -0.2) is 0 Å². The lowest BCUT2D eigenvalue weighted by Gasteiger charge is -2.28. The quantitative estimate of drug-likeness (QED) is 0.814. The molecule has 2 amide bonds. The van der Waals surface area contributed by atoms with E-state index in [-0.39, 0.29) is 23.9 Å². The van der Waals surface area contributed by atoms with E-state index in [1.807, 2.05) is 18.0 Å². The Bertz CT molecular complexity index is 561. The van der Waals surface area contributed by atoms with Crippen molar-refractivity contribution in [2.75, 3.05) is 0 Å². The summed E-state index contributed by atoms with van der Waals surface area (Å²) in [6.45, 7) is 3.47. The molecule has 2 aliphatic rings. The normalized spacial score (nSPS) is 25.9. The van der Waals surface area contributed by atoms with Gasteiger partial charge in [-0.05, 0) is 25.0 Å². The smallest absolute Gasteiger partial charge is 0.243 e. The number of amides is 2. The second kappa shape index (κ2) is 4.77. The Morgan fingerprint density at radius 2 is 2.30 bits per heavy atom. The molecule has 2 heterocycles. The molecule has 106 valence electrons. The predicted octanol–water partition coefficient (Wildman–Crippen LogP) is 0.527. The minimum Gasteiger partial charge on any atom is -0.347 e. The van der Waals surface area contributed by atoms with Gasteiger partial charge in [0.05, 0.1) is 17.8 Å². The molecule has 2 fully saturated rings. The van der Waals surface area contributed by atoms with Crippen molar-refractivity contribution >= 4 is 11.8 Å². The number of aromatic nitrogens is 2. The van der Waals surface area contributed by atoms with E-state index in [0.29, 0.717) is 12.5 Å². The van der Waals surface area contributed by atoms with E-state index in [0.717, 1.165) is 18.5 Å². The summed E-state index contributed by atoms with van der Waals surface area (Å²) in [6.07, 6.45) is 5.39. The van der Waals surface area contributed by atoms with E-state index in [4.69, 9.17) is 0 Å². The fourth-order valence-corrected chi connectivity index (χ4v) is 2.93. The number of likely N-dealkylation sites (tertiary alicyclic amines) is 1. The second-order valence-corrected chi connectivity index (χ2v) is 5.38. The van der Waals surface area contributed by atoms with E-state index >= 15 is 0 Å². The van der Waals surface area contributed by atoms with Crippen molar-refractivity contribution in [2.45, 2.75) is 37.4 Å². The lowest BCUT2D eigenvalue weighted by atomic mass is 10.1. The van der Waals surface area contributed by atoms with Crippen LogP contribution in [0.3, 0.4) is 0 Å². The van der Waals surface area contributed by atoms with Crippen LogP contribution in [-0.4, -0.2) is 38.6 Å². The summed E-state index contributed by atoms with van der Waals surface area (Å²) in [5, 5.41) is 7.06.